The average Bonchev–Trinajstić information content (AvgIpc) is 3.13. The van der Waals surface area contributed by atoms with E-state index in [-0.39, 0.29) is 37.4 Å². The van der Waals surface area contributed by atoms with Gasteiger partial charge in [-0.3, -0.25) is 0 Å². The number of benzene rings is 1. The van der Waals surface area contributed by atoms with E-state index in [0.717, 1.165) is 18.4 Å². The molecule has 27 heavy (non-hydrogen) atoms. The van der Waals surface area contributed by atoms with Crippen LogP contribution in [0.15, 0.2) is 29.2 Å². The van der Waals surface area contributed by atoms with E-state index >= 15 is 0 Å². The molecule has 1 N–H and O–H groups in total. The van der Waals surface area contributed by atoms with Gasteiger partial charge in [-0.2, -0.15) is 4.31 Å². The van der Waals surface area contributed by atoms with Crippen LogP contribution in [0.1, 0.15) is 31.2 Å². The molecule has 2 atom stereocenters. The summed E-state index contributed by atoms with van der Waals surface area (Å²) in [5, 5.41) is 3.11. The summed E-state index contributed by atoms with van der Waals surface area (Å²) in [4.78, 5) is 14.7. The van der Waals surface area contributed by atoms with Gasteiger partial charge in [0.25, 0.3) is 0 Å². The third-order valence-electron chi connectivity index (χ3n) is 5.64. The normalized spacial score (nSPS) is 26.9. The zero-order valence-corrected chi connectivity index (χ0v) is 16.5. The second-order valence-corrected chi connectivity index (χ2v) is 9.79. The largest absolute Gasteiger partial charge is 0.369 e. The van der Waals surface area contributed by atoms with Crippen LogP contribution in [0.5, 0.6) is 0 Å². The van der Waals surface area contributed by atoms with Gasteiger partial charge in [-0.15, -0.1) is 0 Å². The SMILES string of the molecule is Cc1cccc(S(=O)(=O)N2CC3CN(C(=O)NC4CCCC4)CC(C2)O3)c1. The number of ether oxygens (including phenoxy) is 1. The molecule has 2 amide bonds. The maximum absolute atomic E-state index is 13.0. The number of amides is 2. The average molecular weight is 394 g/mol. The fourth-order valence-electron chi connectivity index (χ4n) is 4.28. The van der Waals surface area contributed by atoms with E-state index in [9.17, 15) is 13.2 Å². The number of fused-ring (bicyclic) bond motifs is 2. The lowest BCUT2D eigenvalue weighted by Crippen LogP contribution is -2.62. The third-order valence-corrected chi connectivity index (χ3v) is 7.47. The molecule has 2 saturated heterocycles. The number of urea groups is 1. The van der Waals surface area contributed by atoms with Crippen LogP contribution in [0.25, 0.3) is 0 Å². The molecule has 2 unspecified atom stereocenters. The number of carbonyl (C=O) groups is 1. The number of morpholine rings is 2. The summed E-state index contributed by atoms with van der Waals surface area (Å²) in [6, 6.07) is 7.21. The van der Waals surface area contributed by atoms with Crippen LogP contribution in [0.2, 0.25) is 0 Å². The first-order chi connectivity index (χ1) is 12.9. The number of hydrogen-bond acceptors (Lipinski definition) is 4. The van der Waals surface area contributed by atoms with E-state index in [2.05, 4.69) is 5.32 Å². The van der Waals surface area contributed by atoms with E-state index < -0.39 is 10.0 Å². The predicted octanol–water partition coefficient (Wildman–Crippen LogP) is 1.72. The van der Waals surface area contributed by atoms with Crippen molar-refractivity contribution in [3.05, 3.63) is 29.8 Å². The quantitative estimate of drug-likeness (QED) is 0.848. The number of aryl methyl sites for hydroxylation is 1. The van der Waals surface area contributed by atoms with E-state index in [0.29, 0.717) is 18.0 Å². The molecular formula is C19H27N3O4S. The lowest BCUT2D eigenvalue weighted by Gasteiger charge is -2.45. The van der Waals surface area contributed by atoms with Crippen molar-refractivity contribution in [2.24, 2.45) is 0 Å². The Kier molecular flexibility index (Phi) is 5.13. The van der Waals surface area contributed by atoms with Gasteiger partial charge in [-0.25, -0.2) is 13.2 Å². The number of rotatable bonds is 3. The first kappa shape index (κ1) is 18.7. The number of nitrogens with zero attached hydrogens (tertiary/aromatic N) is 2. The Labute approximate surface area is 160 Å². The summed E-state index contributed by atoms with van der Waals surface area (Å²) in [5.41, 5.74) is 0.916. The van der Waals surface area contributed by atoms with E-state index in [1.165, 1.54) is 17.1 Å². The topological polar surface area (TPSA) is 79.0 Å². The maximum Gasteiger partial charge on any atom is 0.317 e. The first-order valence-corrected chi connectivity index (χ1v) is 11.1. The first-order valence-electron chi connectivity index (χ1n) is 9.69. The third kappa shape index (κ3) is 3.97. The number of nitrogens with one attached hydrogen (secondary N) is 1. The summed E-state index contributed by atoms with van der Waals surface area (Å²) >= 11 is 0. The molecule has 148 valence electrons. The molecule has 7 nitrogen and oxygen atoms in total. The van der Waals surface area contributed by atoms with Gasteiger partial charge in [0.05, 0.1) is 30.2 Å². The van der Waals surface area contributed by atoms with Crippen LogP contribution in [-0.4, -0.2) is 68.1 Å². The fourth-order valence-corrected chi connectivity index (χ4v) is 5.89. The highest BCUT2D eigenvalue weighted by molar-refractivity contribution is 7.89. The second kappa shape index (κ2) is 7.41. The smallest absolute Gasteiger partial charge is 0.317 e. The summed E-state index contributed by atoms with van der Waals surface area (Å²) in [6.07, 6.45) is 3.87. The van der Waals surface area contributed by atoms with Gasteiger partial charge in [0.15, 0.2) is 0 Å². The molecular weight excluding hydrogens is 366 g/mol. The standard InChI is InChI=1S/C19H27N3O4S/c1-14-5-4-8-18(9-14)27(24,25)22-12-16-10-21(11-17(13-22)26-16)19(23)20-15-6-2-3-7-15/h4-5,8-9,15-17H,2-3,6-7,10-13H2,1H3,(H,20,23). The molecule has 4 rings (SSSR count). The Morgan fingerprint density at radius 3 is 2.41 bits per heavy atom. The van der Waals surface area contributed by atoms with Gasteiger partial charge in [-0.1, -0.05) is 25.0 Å². The van der Waals surface area contributed by atoms with Crippen molar-refractivity contribution < 1.29 is 17.9 Å². The van der Waals surface area contributed by atoms with Gasteiger partial charge in [0.2, 0.25) is 10.0 Å². The van der Waals surface area contributed by atoms with Crippen LogP contribution in [-0.2, 0) is 14.8 Å². The summed E-state index contributed by atoms with van der Waals surface area (Å²) in [6.45, 7) is 3.29. The minimum absolute atomic E-state index is 0.0461. The molecule has 2 bridgehead atoms. The molecule has 1 saturated carbocycles. The zero-order chi connectivity index (χ0) is 19.0. The molecule has 1 aromatic carbocycles. The molecule has 8 heteroatoms. The monoisotopic (exact) mass is 393 g/mol. The highest BCUT2D eigenvalue weighted by atomic mass is 32.2. The zero-order valence-electron chi connectivity index (χ0n) is 15.6. The summed E-state index contributed by atoms with van der Waals surface area (Å²) in [7, 11) is -3.55. The summed E-state index contributed by atoms with van der Waals surface area (Å²) < 4.78 is 33.4. The Balaban J connectivity index is 1.42. The van der Waals surface area contributed by atoms with Crippen molar-refractivity contribution in [1.82, 2.24) is 14.5 Å². The molecule has 0 radical (unpaired) electrons. The van der Waals surface area contributed by atoms with Crippen molar-refractivity contribution in [2.75, 3.05) is 26.2 Å². The molecule has 1 aliphatic carbocycles. The van der Waals surface area contributed by atoms with Crippen LogP contribution in [0, 0.1) is 6.92 Å². The van der Waals surface area contributed by atoms with Gasteiger partial charge in [0.1, 0.15) is 0 Å². The van der Waals surface area contributed by atoms with E-state index in [1.807, 2.05) is 13.0 Å². The molecule has 1 aromatic rings. The van der Waals surface area contributed by atoms with Gasteiger partial charge in [0, 0.05) is 19.1 Å². The molecule has 3 aliphatic rings. The Bertz CT molecular complexity index is 793. The predicted molar refractivity (Wildman–Crippen MR) is 101 cm³/mol. The lowest BCUT2D eigenvalue weighted by molar-refractivity contribution is -0.111. The van der Waals surface area contributed by atoms with Crippen LogP contribution in [0.3, 0.4) is 0 Å². The Morgan fingerprint density at radius 2 is 1.78 bits per heavy atom. The van der Waals surface area contributed by atoms with E-state index in [4.69, 9.17) is 4.74 Å². The number of sulfonamides is 1. The minimum Gasteiger partial charge on any atom is -0.369 e. The van der Waals surface area contributed by atoms with Gasteiger partial charge in [-0.05, 0) is 37.5 Å². The highest BCUT2D eigenvalue weighted by Gasteiger charge is 2.41. The molecule has 2 aliphatic heterocycles. The van der Waals surface area contributed by atoms with Crippen molar-refractivity contribution in [1.29, 1.82) is 0 Å². The fraction of sp³-hybridized carbons (Fsp3) is 0.632. The molecule has 0 spiro atoms. The van der Waals surface area contributed by atoms with Crippen LogP contribution < -0.4 is 5.32 Å². The minimum atomic E-state index is -3.55. The van der Waals surface area contributed by atoms with Gasteiger partial charge < -0.3 is 15.0 Å². The maximum atomic E-state index is 13.0. The molecule has 0 aromatic heterocycles. The summed E-state index contributed by atoms with van der Waals surface area (Å²) in [5.74, 6) is 0. The Morgan fingerprint density at radius 1 is 1.11 bits per heavy atom. The molecule has 2 heterocycles. The number of carbonyl (C=O) groups excluding carboxylic acids is 1. The van der Waals surface area contributed by atoms with E-state index in [1.54, 1.807) is 23.1 Å². The van der Waals surface area contributed by atoms with Crippen molar-refractivity contribution in [3.63, 3.8) is 0 Å². The second-order valence-electron chi connectivity index (χ2n) is 7.85. The van der Waals surface area contributed by atoms with Crippen LogP contribution in [0.4, 0.5) is 4.79 Å². The lowest BCUT2D eigenvalue weighted by atomic mass is 10.1. The Hall–Kier alpha value is -1.64. The van der Waals surface area contributed by atoms with Gasteiger partial charge >= 0.3 is 6.03 Å². The van der Waals surface area contributed by atoms with Crippen molar-refractivity contribution >= 4 is 16.1 Å². The van der Waals surface area contributed by atoms with Crippen LogP contribution >= 0.6 is 0 Å². The highest BCUT2D eigenvalue weighted by Crippen LogP contribution is 2.26. The molecule has 3 fully saturated rings. The van der Waals surface area contributed by atoms with Crippen molar-refractivity contribution in [3.8, 4) is 0 Å². The number of hydrogen-bond donors (Lipinski definition) is 1. The van der Waals surface area contributed by atoms with Crippen molar-refractivity contribution in [2.45, 2.75) is 55.8 Å².